The van der Waals surface area contributed by atoms with Gasteiger partial charge >= 0.3 is 5.97 Å². The van der Waals surface area contributed by atoms with Gasteiger partial charge in [0.05, 0.1) is 17.5 Å². The molecule has 0 unspecified atom stereocenters. The Hall–Kier alpha value is -3.87. The Balaban J connectivity index is 1.65. The highest BCUT2D eigenvalue weighted by atomic mass is 16.5. The predicted octanol–water partition coefficient (Wildman–Crippen LogP) is 4.76. The van der Waals surface area contributed by atoms with Crippen molar-refractivity contribution in [3.8, 4) is 0 Å². The first-order valence-electron chi connectivity index (χ1n) is 9.87. The Bertz CT molecular complexity index is 1090. The average molecular weight is 420 g/mol. The molecule has 0 bridgehead atoms. The van der Waals surface area contributed by atoms with E-state index in [-0.39, 0.29) is 22.9 Å². The number of anilines is 2. The van der Waals surface area contributed by atoms with E-state index in [4.69, 9.17) is 9.15 Å². The first kappa shape index (κ1) is 21.8. The number of carbonyl (C=O) groups is 3. The molecule has 2 N–H and O–H groups in total. The van der Waals surface area contributed by atoms with E-state index in [0.717, 1.165) is 16.8 Å². The third kappa shape index (κ3) is 5.39. The van der Waals surface area contributed by atoms with Crippen molar-refractivity contribution in [2.24, 2.45) is 0 Å². The molecule has 0 saturated carbocycles. The van der Waals surface area contributed by atoms with Gasteiger partial charge in [-0.05, 0) is 48.2 Å². The van der Waals surface area contributed by atoms with Crippen molar-refractivity contribution in [2.75, 3.05) is 17.2 Å². The molecule has 7 nitrogen and oxygen atoms in total. The molecular formula is C24H24N2O5. The van der Waals surface area contributed by atoms with Gasteiger partial charge in [0, 0.05) is 5.69 Å². The van der Waals surface area contributed by atoms with Crippen molar-refractivity contribution < 1.29 is 23.5 Å². The number of esters is 1. The highest BCUT2D eigenvalue weighted by Gasteiger charge is 2.18. The molecular weight excluding hydrogens is 396 g/mol. The van der Waals surface area contributed by atoms with E-state index >= 15 is 0 Å². The molecule has 0 aliphatic heterocycles. The van der Waals surface area contributed by atoms with Gasteiger partial charge < -0.3 is 19.8 Å². The molecule has 0 radical (unpaired) electrons. The molecule has 0 saturated heterocycles. The van der Waals surface area contributed by atoms with Crippen molar-refractivity contribution in [3.63, 3.8) is 0 Å². The maximum atomic E-state index is 12.6. The van der Waals surface area contributed by atoms with Crippen LogP contribution < -0.4 is 10.6 Å². The van der Waals surface area contributed by atoms with Gasteiger partial charge in [-0.25, -0.2) is 4.79 Å². The molecule has 3 aromatic rings. The van der Waals surface area contributed by atoms with E-state index in [1.54, 1.807) is 24.3 Å². The topological polar surface area (TPSA) is 97.6 Å². The molecule has 2 aromatic carbocycles. The molecule has 0 aliphatic carbocycles. The monoisotopic (exact) mass is 420 g/mol. The second kappa shape index (κ2) is 9.75. The number of carbonyl (C=O) groups excluding carboxylic acids is 3. The normalized spacial score (nSPS) is 10.6. The van der Waals surface area contributed by atoms with Crippen molar-refractivity contribution in [1.29, 1.82) is 0 Å². The first-order valence-corrected chi connectivity index (χ1v) is 9.87. The summed E-state index contributed by atoms with van der Waals surface area (Å²) >= 11 is 0. The number of rotatable bonds is 7. The smallest absolute Gasteiger partial charge is 0.340 e. The third-order valence-corrected chi connectivity index (χ3v) is 4.67. The number of amides is 2. The number of hydrogen-bond acceptors (Lipinski definition) is 5. The lowest BCUT2D eigenvalue weighted by atomic mass is 9.98. The summed E-state index contributed by atoms with van der Waals surface area (Å²) in [5, 5.41) is 5.45. The second-order valence-corrected chi connectivity index (χ2v) is 7.30. The maximum Gasteiger partial charge on any atom is 0.340 e. The van der Waals surface area contributed by atoms with Crippen LogP contribution in [0.4, 0.5) is 11.4 Å². The molecule has 0 fully saturated rings. The van der Waals surface area contributed by atoms with E-state index < -0.39 is 24.4 Å². The summed E-state index contributed by atoms with van der Waals surface area (Å²) in [6.07, 6.45) is 1.38. The Morgan fingerprint density at radius 2 is 1.74 bits per heavy atom. The van der Waals surface area contributed by atoms with E-state index in [2.05, 4.69) is 10.6 Å². The molecule has 1 heterocycles. The lowest BCUT2D eigenvalue weighted by molar-refractivity contribution is -0.119. The molecule has 7 heteroatoms. The fourth-order valence-corrected chi connectivity index (χ4v) is 3.09. The van der Waals surface area contributed by atoms with Gasteiger partial charge in [-0.2, -0.15) is 0 Å². The van der Waals surface area contributed by atoms with Gasteiger partial charge in [-0.1, -0.05) is 44.2 Å². The lowest BCUT2D eigenvalue weighted by Crippen LogP contribution is -2.23. The zero-order valence-electron chi connectivity index (χ0n) is 17.6. The highest BCUT2D eigenvalue weighted by Crippen LogP contribution is 2.27. The molecule has 2 amide bonds. The Kier molecular flexibility index (Phi) is 6.87. The number of furan rings is 1. The van der Waals surface area contributed by atoms with Crippen LogP contribution in [0.5, 0.6) is 0 Å². The SMILES string of the molecule is Cc1cccc(C(C)C)c1NC(=O)COC(=O)c1ccccc1NC(=O)c1ccco1. The Morgan fingerprint density at radius 1 is 0.968 bits per heavy atom. The molecule has 3 rings (SSSR count). The van der Waals surface area contributed by atoms with Crippen LogP contribution in [0.15, 0.2) is 65.3 Å². The van der Waals surface area contributed by atoms with Crippen molar-refractivity contribution in [2.45, 2.75) is 26.7 Å². The largest absolute Gasteiger partial charge is 0.459 e. The van der Waals surface area contributed by atoms with Crippen LogP contribution in [0.3, 0.4) is 0 Å². The van der Waals surface area contributed by atoms with Gasteiger partial charge in [0.15, 0.2) is 12.4 Å². The third-order valence-electron chi connectivity index (χ3n) is 4.67. The van der Waals surface area contributed by atoms with Gasteiger partial charge in [0.2, 0.25) is 0 Å². The molecule has 160 valence electrons. The van der Waals surface area contributed by atoms with E-state index in [1.807, 2.05) is 39.0 Å². The number of hydrogen-bond donors (Lipinski definition) is 2. The summed E-state index contributed by atoms with van der Waals surface area (Å²) in [6.45, 7) is 5.54. The minimum atomic E-state index is -0.723. The van der Waals surface area contributed by atoms with Crippen LogP contribution >= 0.6 is 0 Å². The number of para-hydroxylation sites is 2. The summed E-state index contributed by atoms with van der Waals surface area (Å²) in [5.41, 5.74) is 3.05. The Labute approximate surface area is 180 Å². The summed E-state index contributed by atoms with van der Waals surface area (Å²) in [4.78, 5) is 37.2. The van der Waals surface area contributed by atoms with Crippen molar-refractivity contribution >= 4 is 29.2 Å². The van der Waals surface area contributed by atoms with E-state index in [9.17, 15) is 14.4 Å². The number of nitrogens with one attached hydrogen (secondary N) is 2. The van der Waals surface area contributed by atoms with Crippen LogP contribution in [-0.2, 0) is 9.53 Å². The van der Waals surface area contributed by atoms with Gasteiger partial charge in [-0.15, -0.1) is 0 Å². The van der Waals surface area contributed by atoms with Crippen LogP contribution in [0, 0.1) is 6.92 Å². The van der Waals surface area contributed by atoms with Crippen LogP contribution in [0.2, 0.25) is 0 Å². The highest BCUT2D eigenvalue weighted by molar-refractivity contribution is 6.07. The van der Waals surface area contributed by atoms with E-state index in [0.29, 0.717) is 0 Å². The second-order valence-electron chi connectivity index (χ2n) is 7.30. The Morgan fingerprint density at radius 3 is 2.45 bits per heavy atom. The fraction of sp³-hybridized carbons (Fsp3) is 0.208. The van der Waals surface area contributed by atoms with Gasteiger partial charge in [-0.3, -0.25) is 9.59 Å². The zero-order valence-corrected chi connectivity index (χ0v) is 17.6. The molecule has 31 heavy (non-hydrogen) atoms. The van der Waals surface area contributed by atoms with Crippen molar-refractivity contribution in [1.82, 2.24) is 0 Å². The van der Waals surface area contributed by atoms with Crippen LogP contribution in [0.25, 0.3) is 0 Å². The molecule has 1 aromatic heterocycles. The minimum absolute atomic E-state index is 0.113. The standard InChI is InChI=1S/C24H24N2O5/c1-15(2)17-10-6-8-16(3)22(17)26-21(27)14-31-24(29)18-9-4-5-11-19(18)25-23(28)20-12-7-13-30-20/h4-13,15H,14H2,1-3H3,(H,25,28)(H,26,27). The quantitative estimate of drug-likeness (QED) is 0.537. The number of ether oxygens (including phenoxy) is 1. The predicted molar refractivity (Wildman–Crippen MR) is 117 cm³/mol. The molecule has 0 spiro atoms. The zero-order chi connectivity index (χ0) is 22.4. The first-order chi connectivity index (χ1) is 14.9. The number of aryl methyl sites for hydroxylation is 1. The van der Waals surface area contributed by atoms with Gasteiger partial charge in [0.25, 0.3) is 11.8 Å². The average Bonchev–Trinajstić information content (AvgIpc) is 3.29. The number of benzene rings is 2. The summed E-state index contributed by atoms with van der Waals surface area (Å²) < 4.78 is 10.2. The summed E-state index contributed by atoms with van der Waals surface area (Å²) in [6, 6.07) is 15.3. The fourth-order valence-electron chi connectivity index (χ4n) is 3.09. The summed E-state index contributed by atoms with van der Waals surface area (Å²) in [5.74, 6) is -1.33. The maximum absolute atomic E-state index is 12.6. The molecule has 0 aliphatic rings. The summed E-state index contributed by atoms with van der Waals surface area (Å²) in [7, 11) is 0. The van der Waals surface area contributed by atoms with Crippen LogP contribution in [-0.4, -0.2) is 24.4 Å². The van der Waals surface area contributed by atoms with Gasteiger partial charge in [0.1, 0.15) is 0 Å². The minimum Gasteiger partial charge on any atom is -0.459 e. The van der Waals surface area contributed by atoms with Crippen LogP contribution in [0.1, 0.15) is 51.8 Å². The van der Waals surface area contributed by atoms with Crippen molar-refractivity contribution in [3.05, 3.63) is 83.3 Å². The lowest BCUT2D eigenvalue weighted by Gasteiger charge is -2.16. The van der Waals surface area contributed by atoms with E-state index in [1.165, 1.54) is 18.4 Å². The molecule has 0 atom stereocenters.